The predicted molar refractivity (Wildman–Crippen MR) is 88.8 cm³/mol. The van der Waals surface area contributed by atoms with E-state index < -0.39 is 0 Å². The van der Waals surface area contributed by atoms with Crippen LogP contribution in [0.4, 0.5) is 11.5 Å². The third-order valence-corrected chi connectivity index (χ3v) is 4.91. The largest absolute Gasteiger partial charge is 0.397 e. The molecular formula is C17H25N5. The molecule has 2 heterocycles. The van der Waals surface area contributed by atoms with E-state index in [4.69, 9.17) is 10.7 Å². The summed E-state index contributed by atoms with van der Waals surface area (Å²) in [6.07, 6.45) is 2.33. The Morgan fingerprint density at radius 3 is 2.68 bits per heavy atom. The third kappa shape index (κ3) is 2.76. The Labute approximate surface area is 132 Å². The zero-order valence-electron chi connectivity index (χ0n) is 13.7. The Morgan fingerprint density at radius 2 is 2.09 bits per heavy atom. The number of likely N-dealkylation sites (N-methyl/N-ethyl adjacent to an activating group) is 1. The number of pyridine rings is 1. The zero-order chi connectivity index (χ0) is 15.9. The first-order valence-corrected chi connectivity index (χ1v) is 8.17. The molecule has 2 fully saturated rings. The molecule has 3 rings (SSSR count). The molecule has 118 valence electrons. The van der Waals surface area contributed by atoms with Crippen molar-refractivity contribution in [2.75, 3.05) is 37.3 Å². The van der Waals surface area contributed by atoms with Crippen molar-refractivity contribution in [1.29, 1.82) is 5.26 Å². The number of aromatic nitrogens is 1. The maximum absolute atomic E-state index is 9.46. The van der Waals surface area contributed by atoms with Crippen molar-refractivity contribution in [3.63, 3.8) is 0 Å². The lowest BCUT2D eigenvalue weighted by molar-refractivity contribution is 0.173. The van der Waals surface area contributed by atoms with Gasteiger partial charge in [0.25, 0.3) is 0 Å². The van der Waals surface area contributed by atoms with Gasteiger partial charge in [0, 0.05) is 31.6 Å². The van der Waals surface area contributed by atoms with Gasteiger partial charge in [-0.05, 0) is 31.9 Å². The van der Waals surface area contributed by atoms with E-state index in [9.17, 15) is 5.26 Å². The van der Waals surface area contributed by atoms with E-state index in [-0.39, 0.29) is 0 Å². The standard InChI is InChI=1S/C17H25N5/c1-11(2)15-10-22(7-6-21(15)3)17-13(9-18)8-14(19)16(20-17)12-4-5-12/h8,11-12,15H,4-7,10,19H2,1-3H3/t15-/m0/s1. The van der Waals surface area contributed by atoms with Crippen LogP contribution in [0.15, 0.2) is 6.07 Å². The maximum atomic E-state index is 9.46. The van der Waals surface area contributed by atoms with Crippen LogP contribution < -0.4 is 10.6 Å². The first kappa shape index (κ1) is 15.1. The Bertz CT molecular complexity index is 600. The van der Waals surface area contributed by atoms with Crippen molar-refractivity contribution in [3.8, 4) is 6.07 Å². The van der Waals surface area contributed by atoms with E-state index in [2.05, 4.69) is 36.8 Å². The topological polar surface area (TPSA) is 69.2 Å². The molecule has 1 saturated carbocycles. The molecule has 0 spiro atoms. The second-order valence-electron chi connectivity index (χ2n) is 6.96. The van der Waals surface area contributed by atoms with Gasteiger partial charge in [0.2, 0.25) is 0 Å². The van der Waals surface area contributed by atoms with Crippen LogP contribution in [0.1, 0.15) is 43.9 Å². The Kier molecular flexibility index (Phi) is 3.96. The molecule has 1 saturated heterocycles. The molecule has 0 amide bonds. The second kappa shape index (κ2) is 5.77. The van der Waals surface area contributed by atoms with Crippen molar-refractivity contribution in [3.05, 3.63) is 17.3 Å². The smallest absolute Gasteiger partial charge is 0.147 e. The summed E-state index contributed by atoms with van der Waals surface area (Å²) in [7, 11) is 2.18. The molecular weight excluding hydrogens is 274 g/mol. The molecule has 5 nitrogen and oxygen atoms in total. The van der Waals surface area contributed by atoms with Crippen LogP contribution in [0.3, 0.4) is 0 Å². The molecule has 1 atom stereocenters. The van der Waals surface area contributed by atoms with Crippen LogP contribution in [0.2, 0.25) is 0 Å². The molecule has 0 unspecified atom stereocenters. The van der Waals surface area contributed by atoms with Gasteiger partial charge in [0.15, 0.2) is 0 Å². The van der Waals surface area contributed by atoms with Crippen LogP contribution >= 0.6 is 0 Å². The molecule has 0 aromatic carbocycles. The lowest BCUT2D eigenvalue weighted by Gasteiger charge is -2.42. The van der Waals surface area contributed by atoms with E-state index in [1.54, 1.807) is 0 Å². The van der Waals surface area contributed by atoms with Crippen LogP contribution in [0.25, 0.3) is 0 Å². The molecule has 22 heavy (non-hydrogen) atoms. The number of nitrogens with two attached hydrogens (primary N) is 1. The molecule has 1 aliphatic heterocycles. The summed E-state index contributed by atoms with van der Waals surface area (Å²) in [6.45, 7) is 7.33. The van der Waals surface area contributed by atoms with Crippen molar-refractivity contribution in [2.24, 2.45) is 5.92 Å². The monoisotopic (exact) mass is 299 g/mol. The molecule has 1 aliphatic carbocycles. The average Bonchev–Trinajstić information content (AvgIpc) is 3.32. The second-order valence-corrected chi connectivity index (χ2v) is 6.96. The van der Waals surface area contributed by atoms with Gasteiger partial charge in [-0.2, -0.15) is 5.26 Å². The fourth-order valence-electron chi connectivity index (χ4n) is 3.35. The number of hydrogen-bond donors (Lipinski definition) is 1. The SMILES string of the molecule is CC(C)[C@@H]1CN(c2nc(C3CC3)c(N)cc2C#N)CCN1C. The quantitative estimate of drug-likeness (QED) is 0.926. The highest BCUT2D eigenvalue weighted by atomic mass is 15.3. The first-order chi connectivity index (χ1) is 10.5. The normalized spacial score (nSPS) is 22.9. The molecule has 0 radical (unpaired) electrons. The highest BCUT2D eigenvalue weighted by Crippen LogP contribution is 2.43. The number of hydrogen-bond acceptors (Lipinski definition) is 5. The van der Waals surface area contributed by atoms with Crippen molar-refractivity contribution in [1.82, 2.24) is 9.88 Å². The Morgan fingerprint density at radius 1 is 1.36 bits per heavy atom. The van der Waals surface area contributed by atoms with Crippen LogP contribution in [-0.4, -0.2) is 42.6 Å². The molecule has 2 aliphatic rings. The third-order valence-electron chi connectivity index (χ3n) is 4.91. The van der Waals surface area contributed by atoms with Crippen LogP contribution in [0.5, 0.6) is 0 Å². The number of nitrogens with zero attached hydrogens (tertiary/aromatic N) is 4. The number of nitrogen functional groups attached to an aromatic ring is 1. The van der Waals surface area contributed by atoms with E-state index in [0.717, 1.165) is 31.1 Å². The van der Waals surface area contributed by atoms with E-state index in [1.165, 1.54) is 12.8 Å². The number of piperazine rings is 1. The fraction of sp³-hybridized carbons (Fsp3) is 0.647. The highest BCUT2D eigenvalue weighted by Gasteiger charge is 2.32. The van der Waals surface area contributed by atoms with Gasteiger partial charge >= 0.3 is 0 Å². The number of nitriles is 1. The van der Waals surface area contributed by atoms with Gasteiger partial charge in [-0.25, -0.2) is 4.98 Å². The molecule has 0 bridgehead atoms. The summed E-state index contributed by atoms with van der Waals surface area (Å²) < 4.78 is 0. The summed E-state index contributed by atoms with van der Waals surface area (Å²) in [5.41, 5.74) is 8.37. The van der Waals surface area contributed by atoms with E-state index in [1.807, 2.05) is 6.07 Å². The van der Waals surface area contributed by atoms with E-state index in [0.29, 0.717) is 29.1 Å². The maximum Gasteiger partial charge on any atom is 0.147 e. The summed E-state index contributed by atoms with van der Waals surface area (Å²) in [4.78, 5) is 9.49. The van der Waals surface area contributed by atoms with Gasteiger partial charge in [0.05, 0.1) is 16.9 Å². The van der Waals surface area contributed by atoms with Gasteiger partial charge in [-0.3, -0.25) is 4.90 Å². The molecule has 2 N–H and O–H groups in total. The van der Waals surface area contributed by atoms with Crippen LogP contribution in [-0.2, 0) is 0 Å². The van der Waals surface area contributed by atoms with Gasteiger partial charge in [-0.1, -0.05) is 13.8 Å². The zero-order valence-corrected chi connectivity index (χ0v) is 13.7. The number of anilines is 2. The van der Waals surface area contributed by atoms with Gasteiger partial charge in [0.1, 0.15) is 11.9 Å². The minimum absolute atomic E-state index is 0.490. The summed E-state index contributed by atoms with van der Waals surface area (Å²) in [6, 6.07) is 4.59. The lowest BCUT2D eigenvalue weighted by Crippen LogP contribution is -2.54. The van der Waals surface area contributed by atoms with E-state index >= 15 is 0 Å². The summed E-state index contributed by atoms with van der Waals surface area (Å²) in [5, 5.41) is 9.46. The Hall–Kier alpha value is -1.80. The van der Waals surface area contributed by atoms with Crippen molar-refractivity contribution < 1.29 is 0 Å². The fourth-order valence-corrected chi connectivity index (χ4v) is 3.35. The van der Waals surface area contributed by atoms with Crippen molar-refractivity contribution >= 4 is 11.5 Å². The molecule has 1 aromatic rings. The average molecular weight is 299 g/mol. The van der Waals surface area contributed by atoms with Gasteiger partial charge < -0.3 is 10.6 Å². The van der Waals surface area contributed by atoms with Crippen molar-refractivity contribution in [2.45, 2.75) is 38.6 Å². The lowest BCUT2D eigenvalue weighted by atomic mass is 10.00. The predicted octanol–water partition coefficient (Wildman–Crippen LogP) is 2.19. The summed E-state index contributed by atoms with van der Waals surface area (Å²) >= 11 is 0. The summed E-state index contributed by atoms with van der Waals surface area (Å²) in [5.74, 6) is 1.91. The molecule has 1 aromatic heterocycles. The number of rotatable bonds is 3. The molecule has 5 heteroatoms. The minimum Gasteiger partial charge on any atom is -0.397 e. The Balaban J connectivity index is 1.93. The van der Waals surface area contributed by atoms with Crippen LogP contribution in [0, 0.1) is 17.2 Å². The minimum atomic E-state index is 0.490. The van der Waals surface area contributed by atoms with Gasteiger partial charge in [-0.15, -0.1) is 0 Å². The highest BCUT2D eigenvalue weighted by molar-refractivity contribution is 5.63. The first-order valence-electron chi connectivity index (χ1n) is 8.17.